The van der Waals surface area contributed by atoms with E-state index in [1.54, 1.807) is 30.3 Å². The van der Waals surface area contributed by atoms with Gasteiger partial charge in [-0.15, -0.1) is 0 Å². The molecule has 3 rings (SSSR count). The molecule has 5 heteroatoms. The van der Waals surface area contributed by atoms with Crippen LogP contribution in [0.15, 0.2) is 30.3 Å². The summed E-state index contributed by atoms with van der Waals surface area (Å²) in [6.07, 6.45) is 2.69. The molecule has 2 aliphatic rings. The molecule has 0 aliphatic carbocycles. The molecule has 5 nitrogen and oxygen atoms in total. The van der Waals surface area contributed by atoms with Crippen molar-refractivity contribution in [3.63, 3.8) is 0 Å². The van der Waals surface area contributed by atoms with E-state index < -0.39 is 24.1 Å². The van der Waals surface area contributed by atoms with Gasteiger partial charge in [-0.2, -0.15) is 0 Å². The molecule has 1 aromatic rings. The Labute approximate surface area is 136 Å². The van der Waals surface area contributed by atoms with Gasteiger partial charge in [-0.25, -0.2) is 0 Å². The van der Waals surface area contributed by atoms with Gasteiger partial charge in [-0.1, -0.05) is 30.3 Å². The number of nitrogens with zero attached hydrogens (tertiary/aromatic N) is 1. The molecule has 2 unspecified atom stereocenters. The van der Waals surface area contributed by atoms with Crippen LogP contribution in [0.5, 0.6) is 0 Å². The van der Waals surface area contributed by atoms with Gasteiger partial charge in [0.15, 0.2) is 0 Å². The molecule has 0 radical (unpaired) electrons. The zero-order valence-corrected chi connectivity index (χ0v) is 13.4. The van der Waals surface area contributed by atoms with E-state index in [0.29, 0.717) is 17.6 Å². The molecule has 0 amide bonds. The van der Waals surface area contributed by atoms with E-state index in [1.807, 2.05) is 0 Å². The smallest absolute Gasteiger partial charge is 0.319 e. The van der Waals surface area contributed by atoms with Crippen LogP contribution in [0.1, 0.15) is 31.2 Å². The first kappa shape index (κ1) is 16.4. The van der Waals surface area contributed by atoms with Gasteiger partial charge in [0.25, 0.3) is 0 Å². The zero-order valence-electron chi connectivity index (χ0n) is 13.4. The van der Waals surface area contributed by atoms with Gasteiger partial charge < -0.3 is 20.2 Å². The molecule has 2 heterocycles. The average Bonchev–Trinajstić information content (AvgIpc) is 2.77. The van der Waals surface area contributed by atoms with Crippen molar-refractivity contribution < 1.29 is 20.1 Å². The lowest BCUT2D eigenvalue weighted by atomic mass is 9.68. The molecule has 0 aromatic heterocycles. The van der Waals surface area contributed by atoms with Crippen LogP contribution in [0.25, 0.3) is 0 Å². The molecule has 1 aromatic carbocycles. The first-order valence-electron chi connectivity index (χ1n) is 8.30. The molecule has 23 heavy (non-hydrogen) atoms. The van der Waals surface area contributed by atoms with Crippen LogP contribution < -0.4 is 0 Å². The number of aliphatic carboxylic acids is 1. The molecular weight excluding hydrogens is 294 g/mol. The van der Waals surface area contributed by atoms with E-state index in [4.69, 9.17) is 0 Å². The molecule has 2 aliphatic heterocycles. The zero-order chi connectivity index (χ0) is 16.6. The Balaban J connectivity index is 1.93. The summed E-state index contributed by atoms with van der Waals surface area (Å²) in [5.41, 5.74) is -1.19. The van der Waals surface area contributed by atoms with Crippen LogP contribution in [0.2, 0.25) is 0 Å². The highest BCUT2D eigenvalue weighted by atomic mass is 16.4. The standard InChI is InChI=1S/C18H25NO4/c1-19-14-7-8-15(19)10-12(9-14)16(21)18(11-20,17(22)23)13-5-3-2-4-6-13/h2-6,12,14-16,20-21H,7-11H2,1H3,(H,22,23)/t12?,14-,15+,16-,18?/m1/s1. The highest BCUT2D eigenvalue weighted by Gasteiger charge is 2.52. The second kappa shape index (κ2) is 6.23. The maximum atomic E-state index is 12.0. The van der Waals surface area contributed by atoms with Gasteiger partial charge in [0.05, 0.1) is 12.7 Å². The summed E-state index contributed by atoms with van der Waals surface area (Å²) in [5, 5.41) is 30.8. The number of carbonyl (C=O) groups is 1. The minimum absolute atomic E-state index is 0.104. The summed E-state index contributed by atoms with van der Waals surface area (Å²) in [5.74, 6) is -1.27. The van der Waals surface area contributed by atoms with Crippen LogP contribution in [-0.4, -0.2) is 58.0 Å². The van der Waals surface area contributed by atoms with Crippen LogP contribution in [0.4, 0.5) is 0 Å². The fourth-order valence-corrected chi connectivity index (χ4v) is 4.52. The average molecular weight is 319 g/mol. The lowest BCUT2D eigenvalue weighted by Crippen LogP contribution is -2.55. The van der Waals surface area contributed by atoms with Crippen molar-refractivity contribution in [1.82, 2.24) is 4.90 Å². The van der Waals surface area contributed by atoms with Crippen molar-refractivity contribution in [2.45, 2.75) is 49.3 Å². The number of rotatable bonds is 5. The number of benzene rings is 1. The number of hydrogen-bond donors (Lipinski definition) is 3. The van der Waals surface area contributed by atoms with Crippen molar-refractivity contribution in [3.05, 3.63) is 35.9 Å². The number of fused-ring (bicyclic) bond motifs is 2. The fraction of sp³-hybridized carbons (Fsp3) is 0.611. The summed E-state index contributed by atoms with van der Waals surface area (Å²) < 4.78 is 0. The van der Waals surface area contributed by atoms with Crippen molar-refractivity contribution in [2.24, 2.45) is 5.92 Å². The number of piperidine rings is 1. The first-order chi connectivity index (χ1) is 11.0. The maximum Gasteiger partial charge on any atom is 0.319 e. The van der Waals surface area contributed by atoms with E-state index in [-0.39, 0.29) is 5.92 Å². The minimum Gasteiger partial charge on any atom is -0.480 e. The van der Waals surface area contributed by atoms with E-state index in [9.17, 15) is 20.1 Å². The number of carboxylic acids is 1. The minimum atomic E-state index is -1.65. The van der Waals surface area contributed by atoms with Crippen molar-refractivity contribution in [1.29, 1.82) is 0 Å². The van der Waals surface area contributed by atoms with Crippen molar-refractivity contribution >= 4 is 5.97 Å². The van der Waals surface area contributed by atoms with E-state index in [1.165, 1.54) is 0 Å². The largest absolute Gasteiger partial charge is 0.480 e. The predicted molar refractivity (Wildman–Crippen MR) is 86.1 cm³/mol. The first-order valence-corrected chi connectivity index (χ1v) is 8.30. The molecule has 2 bridgehead atoms. The molecule has 0 saturated carbocycles. The Morgan fingerprint density at radius 2 is 1.83 bits per heavy atom. The highest BCUT2D eigenvalue weighted by molar-refractivity contribution is 5.82. The third kappa shape index (κ3) is 2.57. The summed E-state index contributed by atoms with van der Waals surface area (Å²) in [7, 11) is 2.11. The lowest BCUT2D eigenvalue weighted by molar-refractivity contribution is -0.155. The van der Waals surface area contributed by atoms with Crippen molar-refractivity contribution in [3.8, 4) is 0 Å². The molecule has 126 valence electrons. The third-order valence-corrected chi connectivity index (χ3v) is 6.01. The Kier molecular flexibility index (Phi) is 4.45. The van der Waals surface area contributed by atoms with Gasteiger partial charge in [0.1, 0.15) is 5.41 Å². The normalized spacial score (nSPS) is 31.5. The quantitative estimate of drug-likeness (QED) is 0.761. The molecule has 2 saturated heterocycles. The molecule has 5 atom stereocenters. The van der Waals surface area contributed by atoms with E-state index in [2.05, 4.69) is 11.9 Å². The van der Waals surface area contributed by atoms with Gasteiger partial charge in [0.2, 0.25) is 0 Å². The Bertz CT molecular complexity index is 549. The Morgan fingerprint density at radius 1 is 1.26 bits per heavy atom. The Morgan fingerprint density at radius 3 is 2.30 bits per heavy atom. The SMILES string of the molecule is CN1[C@@H]2CC[C@H]1CC([C@@H](O)C(CO)(C(=O)O)c1ccccc1)C2. The second-order valence-electron chi connectivity index (χ2n) is 7.03. The second-order valence-corrected chi connectivity index (χ2v) is 7.03. The summed E-state index contributed by atoms with van der Waals surface area (Å²) >= 11 is 0. The van der Waals surface area contributed by atoms with E-state index >= 15 is 0 Å². The molecule has 2 fully saturated rings. The summed E-state index contributed by atoms with van der Waals surface area (Å²) in [6.45, 7) is -0.602. The molecular formula is C18H25NO4. The monoisotopic (exact) mass is 319 g/mol. The number of carboxylic acid groups (broad SMARTS) is 1. The Hall–Kier alpha value is -1.43. The summed E-state index contributed by atoms with van der Waals surface area (Å²) in [6, 6.07) is 9.47. The van der Waals surface area contributed by atoms with Gasteiger partial charge in [-0.05, 0) is 44.2 Å². The van der Waals surface area contributed by atoms with Crippen LogP contribution in [-0.2, 0) is 10.2 Å². The molecule has 3 N–H and O–H groups in total. The predicted octanol–water partition coefficient (Wildman–Crippen LogP) is 1.23. The third-order valence-electron chi connectivity index (χ3n) is 6.01. The van der Waals surface area contributed by atoms with Crippen LogP contribution in [0, 0.1) is 5.92 Å². The number of hydrogen-bond acceptors (Lipinski definition) is 4. The lowest BCUT2D eigenvalue weighted by Gasteiger charge is -2.43. The molecule has 0 spiro atoms. The van der Waals surface area contributed by atoms with Crippen molar-refractivity contribution in [2.75, 3.05) is 13.7 Å². The highest BCUT2D eigenvalue weighted by Crippen LogP contribution is 2.43. The van der Waals surface area contributed by atoms with Gasteiger partial charge in [-0.3, -0.25) is 4.79 Å². The summed E-state index contributed by atoms with van der Waals surface area (Å²) in [4.78, 5) is 14.4. The topological polar surface area (TPSA) is 81.0 Å². The van der Waals surface area contributed by atoms with Gasteiger partial charge >= 0.3 is 5.97 Å². The van der Waals surface area contributed by atoms with Crippen LogP contribution in [0.3, 0.4) is 0 Å². The maximum absolute atomic E-state index is 12.0. The fourth-order valence-electron chi connectivity index (χ4n) is 4.52. The van der Waals surface area contributed by atoms with Crippen LogP contribution >= 0.6 is 0 Å². The van der Waals surface area contributed by atoms with E-state index in [0.717, 1.165) is 25.7 Å². The number of aliphatic hydroxyl groups excluding tert-OH is 2. The van der Waals surface area contributed by atoms with Gasteiger partial charge in [0, 0.05) is 12.1 Å². The number of aliphatic hydroxyl groups is 2.